The van der Waals surface area contributed by atoms with Crippen LogP contribution in [0.4, 0.5) is 0 Å². The predicted octanol–water partition coefficient (Wildman–Crippen LogP) is 2.41. The number of hydrogen-bond acceptors (Lipinski definition) is 5. The van der Waals surface area contributed by atoms with E-state index in [4.69, 9.17) is 0 Å². The van der Waals surface area contributed by atoms with E-state index in [1.54, 1.807) is 24.5 Å². The Bertz CT molecular complexity index is 960. The summed E-state index contributed by atoms with van der Waals surface area (Å²) in [6.45, 7) is 1.13. The highest BCUT2D eigenvalue weighted by molar-refractivity contribution is 7.89. The van der Waals surface area contributed by atoms with Gasteiger partial charge < -0.3 is 5.32 Å². The summed E-state index contributed by atoms with van der Waals surface area (Å²) < 4.78 is 27.8. The average Bonchev–Trinajstić information content (AvgIpc) is 3.15. The van der Waals surface area contributed by atoms with Crippen LogP contribution in [0.3, 0.4) is 0 Å². The normalized spacial score (nSPS) is 21.5. The molecule has 0 radical (unpaired) electrons. The maximum absolute atomic E-state index is 13.2. The van der Waals surface area contributed by atoms with E-state index in [1.807, 2.05) is 18.2 Å². The number of nitrogens with zero attached hydrogens (tertiary/aromatic N) is 3. The van der Waals surface area contributed by atoms with Crippen LogP contribution < -0.4 is 5.32 Å². The number of carbonyl (C=O) groups is 1. The molecule has 0 bridgehead atoms. The van der Waals surface area contributed by atoms with Gasteiger partial charge in [-0.2, -0.15) is 4.31 Å². The molecule has 3 heterocycles. The highest BCUT2D eigenvalue weighted by Crippen LogP contribution is 2.48. The van der Waals surface area contributed by atoms with Crippen LogP contribution in [0.1, 0.15) is 37.8 Å². The lowest BCUT2D eigenvalue weighted by atomic mass is 9.67. The number of rotatable bonds is 6. The van der Waals surface area contributed by atoms with Gasteiger partial charge in [-0.05, 0) is 42.5 Å². The van der Waals surface area contributed by atoms with Crippen LogP contribution in [0, 0.1) is 11.3 Å². The number of hydrogen-bond donors (Lipinski definition) is 1. The first kappa shape index (κ1) is 20.9. The molecule has 1 aliphatic carbocycles. The predicted molar refractivity (Wildman–Crippen MR) is 113 cm³/mol. The summed E-state index contributed by atoms with van der Waals surface area (Å²) in [5, 5.41) is 3.04. The fourth-order valence-electron chi connectivity index (χ4n) is 4.86. The average molecular weight is 429 g/mol. The highest BCUT2D eigenvalue weighted by atomic mass is 32.2. The zero-order valence-corrected chi connectivity index (χ0v) is 17.9. The molecule has 0 unspecified atom stereocenters. The third-order valence-corrected chi connectivity index (χ3v) is 8.26. The number of amides is 1. The minimum absolute atomic E-state index is 0.0447. The van der Waals surface area contributed by atoms with Gasteiger partial charge in [-0.1, -0.05) is 25.3 Å². The Morgan fingerprint density at radius 3 is 2.67 bits per heavy atom. The zero-order chi connectivity index (χ0) is 21.0. The number of pyridine rings is 2. The van der Waals surface area contributed by atoms with E-state index < -0.39 is 10.0 Å². The van der Waals surface area contributed by atoms with E-state index in [0.717, 1.165) is 37.8 Å². The van der Waals surface area contributed by atoms with E-state index in [9.17, 15) is 13.2 Å². The first-order valence-electron chi connectivity index (χ1n) is 10.6. The lowest BCUT2D eigenvalue weighted by Crippen LogP contribution is -2.43. The molecule has 8 heteroatoms. The van der Waals surface area contributed by atoms with E-state index in [-0.39, 0.29) is 28.7 Å². The largest absolute Gasteiger partial charge is 0.355 e. The first-order valence-corrected chi connectivity index (χ1v) is 12.0. The van der Waals surface area contributed by atoms with Gasteiger partial charge in [0.05, 0.1) is 5.92 Å². The van der Waals surface area contributed by atoms with Crippen molar-refractivity contribution in [2.45, 2.75) is 43.4 Å². The molecule has 2 aromatic rings. The number of aromatic nitrogens is 2. The summed E-state index contributed by atoms with van der Waals surface area (Å²) in [5.41, 5.74) is 0.653. The van der Waals surface area contributed by atoms with Crippen molar-refractivity contribution in [3.05, 3.63) is 54.6 Å². The molecule has 2 aliphatic rings. The molecule has 1 N–H and O–H groups in total. The summed E-state index contributed by atoms with van der Waals surface area (Å²) in [6.07, 6.45) is 10.3. The number of nitrogens with one attached hydrogen (secondary N) is 1. The Hall–Kier alpha value is -2.32. The molecule has 2 aromatic heterocycles. The van der Waals surface area contributed by atoms with Crippen molar-refractivity contribution in [1.29, 1.82) is 0 Å². The number of sulfonamides is 1. The molecule has 30 heavy (non-hydrogen) atoms. The van der Waals surface area contributed by atoms with Crippen molar-refractivity contribution in [3.8, 4) is 0 Å². The van der Waals surface area contributed by atoms with Crippen molar-refractivity contribution in [2.24, 2.45) is 11.3 Å². The van der Waals surface area contributed by atoms with Crippen molar-refractivity contribution in [2.75, 3.05) is 19.6 Å². The lowest BCUT2D eigenvalue weighted by Gasteiger charge is -2.37. The minimum Gasteiger partial charge on any atom is -0.355 e. The first-order chi connectivity index (χ1) is 14.5. The smallest absolute Gasteiger partial charge is 0.244 e. The van der Waals surface area contributed by atoms with Gasteiger partial charge in [0.15, 0.2) is 0 Å². The second-order valence-corrected chi connectivity index (χ2v) is 10.3. The van der Waals surface area contributed by atoms with Gasteiger partial charge in [0.1, 0.15) is 4.90 Å². The Balaban J connectivity index is 1.49. The van der Waals surface area contributed by atoms with Crippen molar-refractivity contribution < 1.29 is 13.2 Å². The van der Waals surface area contributed by atoms with Crippen LogP contribution in [0.25, 0.3) is 0 Å². The molecule has 1 spiro atoms. The Kier molecular flexibility index (Phi) is 6.15. The maximum atomic E-state index is 13.2. The van der Waals surface area contributed by atoms with Crippen molar-refractivity contribution >= 4 is 15.9 Å². The third kappa shape index (κ3) is 4.25. The molecule has 1 atom stereocenters. The minimum atomic E-state index is -3.66. The van der Waals surface area contributed by atoms with Crippen LogP contribution >= 0.6 is 0 Å². The van der Waals surface area contributed by atoms with E-state index >= 15 is 0 Å². The van der Waals surface area contributed by atoms with Gasteiger partial charge in [0.25, 0.3) is 0 Å². The lowest BCUT2D eigenvalue weighted by molar-refractivity contribution is -0.128. The van der Waals surface area contributed by atoms with Crippen LogP contribution in [0.15, 0.2) is 53.8 Å². The Morgan fingerprint density at radius 1 is 1.13 bits per heavy atom. The van der Waals surface area contributed by atoms with Crippen LogP contribution in [-0.4, -0.2) is 48.2 Å². The van der Waals surface area contributed by atoms with E-state index in [0.29, 0.717) is 19.5 Å². The highest BCUT2D eigenvalue weighted by Gasteiger charge is 2.53. The molecule has 1 amide bonds. The number of carbonyl (C=O) groups excluding carboxylic acids is 1. The molecule has 4 rings (SSSR count). The Labute approximate surface area is 178 Å². The van der Waals surface area contributed by atoms with Gasteiger partial charge in [0, 0.05) is 50.3 Å². The summed E-state index contributed by atoms with van der Waals surface area (Å²) in [7, 11) is -3.66. The van der Waals surface area contributed by atoms with Crippen LogP contribution in [0.5, 0.6) is 0 Å². The van der Waals surface area contributed by atoms with E-state index in [2.05, 4.69) is 15.3 Å². The maximum Gasteiger partial charge on any atom is 0.244 e. The monoisotopic (exact) mass is 428 g/mol. The standard InChI is InChI=1S/C22H28N4O3S/c27-21(25-14-9-18-7-2-5-13-24-18)20-16-26(17-22(20)10-3-1-4-11-22)30(28,29)19-8-6-12-23-15-19/h2,5-8,12-13,15,20H,1,3-4,9-11,14,16-17H2,(H,25,27)/t20-/m1/s1. The molecule has 2 fully saturated rings. The SMILES string of the molecule is O=C(NCCc1ccccn1)[C@H]1CN(S(=O)(=O)c2cccnc2)CC12CCCCC2. The summed E-state index contributed by atoms with van der Waals surface area (Å²) in [6, 6.07) is 8.92. The van der Waals surface area contributed by atoms with Gasteiger partial charge >= 0.3 is 0 Å². The topological polar surface area (TPSA) is 92.3 Å². The molecule has 0 aromatic carbocycles. The zero-order valence-electron chi connectivity index (χ0n) is 17.0. The Morgan fingerprint density at radius 2 is 1.97 bits per heavy atom. The van der Waals surface area contributed by atoms with Gasteiger partial charge in [-0.3, -0.25) is 14.8 Å². The van der Waals surface area contributed by atoms with Gasteiger partial charge in [-0.25, -0.2) is 8.42 Å². The molecule has 7 nitrogen and oxygen atoms in total. The fourth-order valence-corrected chi connectivity index (χ4v) is 6.38. The summed E-state index contributed by atoms with van der Waals surface area (Å²) >= 11 is 0. The fraction of sp³-hybridized carbons (Fsp3) is 0.500. The third-order valence-electron chi connectivity index (χ3n) is 6.46. The van der Waals surface area contributed by atoms with Gasteiger partial charge in [-0.15, -0.1) is 0 Å². The molecule has 1 aliphatic heterocycles. The van der Waals surface area contributed by atoms with Gasteiger partial charge in [0.2, 0.25) is 15.9 Å². The molecule has 1 saturated heterocycles. The quantitative estimate of drug-likeness (QED) is 0.763. The molecule has 160 valence electrons. The molecular weight excluding hydrogens is 400 g/mol. The summed E-state index contributed by atoms with van der Waals surface area (Å²) in [4.78, 5) is 21.6. The van der Waals surface area contributed by atoms with Crippen molar-refractivity contribution in [1.82, 2.24) is 19.6 Å². The van der Waals surface area contributed by atoms with Crippen LogP contribution in [0.2, 0.25) is 0 Å². The molecule has 1 saturated carbocycles. The summed E-state index contributed by atoms with van der Waals surface area (Å²) in [5.74, 6) is -0.371. The second-order valence-electron chi connectivity index (χ2n) is 8.32. The van der Waals surface area contributed by atoms with Crippen molar-refractivity contribution in [3.63, 3.8) is 0 Å². The van der Waals surface area contributed by atoms with E-state index in [1.165, 1.54) is 10.5 Å². The van der Waals surface area contributed by atoms with Crippen LogP contribution in [-0.2, 0) is 21.2 Å². The molecular formula is C22H28N4O3S. The second kappa shape index (κ2) is 8.81.